The van der Waals surface area contributed by atoms with Crippen LogP contribution in [0.2, 0.25) is 0 Å². The lowest BCUT2D eigenvalue weighted by atomic mass is 10.1. The molecule has 1 aliphatic heterocycles. The van der Waals surface area contributed by atoms with Crippen molar-refractivity contribution in [3.05, 3.63) is 77.2 Å². The van der Waals surface area contributed by atoms with Crippen LogP contribution in [0.1, 0.15) is 39.1 Å². The van der Waals surface area contributed by atoms with E-state index in [0.717, 1.165) is 5.56 Å². The minimum Gasteiger partial charge on any atom is -0.489 e. The molecule has 2 aromatic carbocycles. The zero-order valence-corrected chi connectivity index (χ0v) is 17.1. The Morgan fingerprint density at radius 2 is 1.94 bits per heavy atom. The highest BCUT2D eigenvalue weighted by molar-refractivity contribution is 6.04. The highest BCUT2D eigenvalue weighted by Gasteiger charge is 2.31. The van der Waals surface area contributed by atoms with E-state index in [2.05, 4.69) is 10.5 Å². The van der Waals surface area contributed by atoms with Crippen LogP contribution in [0.3, 0.4) is 0 Å². The van der Waals surface area contributed by atoms with E-state index in [1.165, 1.54) is 11.8 Å². The monoisotopic (exact) mass is 419 g/mol. The topological polar surface area (TPSA) is 102 Å². The summed E-state index contributed by atoms with van der Waals surface area (Å²) in [5.41, 5.74) is 2.06. The lowest BCUT2D eigenvalue weighted by Crippen LogP contribution is -2.49. The molecule has 0 aliphatic carbocycles. The summed E-state index contributed by atoms with van der Waals surface area (Å²) >= 11 is 0. The van der Waals surface area contributed by atoms with E-state index >= 15 is 0 Å². The van der Waals surface area contributed by atoms with Crippen molar-refractivity contribution < 1.29 is 23.6 Å². The number of hydrogen-bond donors (Lipinski definition) is 1. The third-order valence-electron chi connectivity index (χ3n) is 5.08. The Balaban J connectivity index is 1.46. The number of fused-ring (bicyclic) bond motifs is 1. The van der Waals surface area contributed by atoms with Crippen molar-refractivity contribution in [2.24, 2.45) is 0 Å². The summed E-state index contributed by atoms with van der Waals surface area (Å²) in [6.45, 7) is 1.41. The zero-order chi connectivity index (χ0) is 22.0. The molecule has 1 aliphatic rings. The number of hydrogen-bond acceptors (Lipinski definition) is 6. The maximum Gasteiger partial charge on any atom is 0.274 e. The molecule has 4 rings (SSSR count). The van der Waals surface area contributed by atoms with Gasteiger partial charge in [0.25, 0.3) is 11.8 Å². The lowest BCUT2D eigenvalue weighted by molar-refractivity contribution is -0.120. The second kappa shape index (κ2) is 8.43. The Kier molecular flexibility index (Phi) is 5.53. The first kappa shape index (κ1) is 20.3. The Bertz CT molecular complexity index is 1140. The molecule has 1 aromatic heterocycles. The van der Waals surface area contributed by atoms with Gasteiger partial charge in [0.2, 0.25) is 0 Å². The largest absolute Gasteiger partial charge is 0.489 e. The van der Waals surface area contributed by atoms with Crippen LogP contribution >= 0.6 is 0 Å². The van der Waals surface area contributed by atoms with Crippen molar-refractivity contribution in [2.75, 3.05) is 18.6 Å². The Labute approximate surface area is 178 Å². The Morgan fingerprint density at radius 1 is 1.16 bits per heavy atom. The fraction of sp³-hybridized carbons (Fsp3) is 0.217. The molecule has 1 atom stereocenters. The summed E-state index contributed by atoms with van der Waals surface area (Å²) in [6, 6.07) is 15.2. The number of aromatic nitrogens is 1. The van der Waals surface area contributed by atoms with Crippen LogP contribution in [-0.4, -0.2) is 42.5 Å². The van der Waals surface area contributed by atoms with Gasteiger partial charge in [-0.1, -0.05) is 35.5 Å². The van der Waals surface area contributed by atoms with E-state index in [4.69, 9.17) is 9.26 Å². The van der Waals surface area contributed by atoms with E-state index in [9.17, 15) is 14.4 Å². The van der Waals surface area contributed by atoms with Crippen LogP contribution in [-0.2, 0) is 11.2 Å². The molecule has 0 unspecified atom stereocenters. The van der Waals surface area contributed by atoms with Gasteiger partial charge in [0.1, 0.15) is 24.2 Å². The third kappa shape index (κ3) is 4.32. The van der Waals surface area contributed by atoms with Crippen LogP contribution in [0, 0.1) is 0 Å². The molecule has 2 amide bonds. The van der Waals surface area contributed by atoms with Crippen molar-refractivity contribution >= 4 is 23.3 Å². The number of Topliss-reactive ketones (excluding diaryl/α,β-unsaturated/α-hetero) is 1. The molecular formula is C23H21N3O5. The number of rotatable bonds is 5. The molecule has 158 valence electrons. The SMILES string of the molecule is CC(=O)c1ccc2c(c1)N(C)C(=O)[C@@H](NC(=O)c1cc(Cc3ccccc3)on1)CO2. The van der Waals surface area contributed by atoms with Gasteiger partial charge in [-0.2, -0.15) is 0 Å². The summed E-state index contributed by atoms with van der Waals surface area (Å²) in [6.07, 6.45) is 0.503. The number of amides is 2. The highest BCUT2D eigenvalue weighted by Crippen LogP contribution is 2.31. The van der Waals surface area contributed by atoms with Crippen LogP contribution in [0.15, 0.2) is 59.1 Å². The minimum absolute atomic E-state index is 0.0456. The van der Waals surface area contributed by atoms with Gasteiger partial charge in [-0.15, -0.1) is 0 Å². The van der Waals surface area contributed by atoms with Crippen LogP contribution in [0.25, 0.3) is 0 Å². The van der Waals surface area contributed by atoms with Gasteiger partial charge in [-0.05, 0) is 30.7 Å². The first-order valence-corrected chi connectivity index (χ1v) is 9.78. The Morgan fingerprint density at radius 3 is 2.68 bits per heavy atom. The molecule has 0 spiro atoms. The molecule has 0 saturated heterocycles. The number of carbonyl (C=O) groups is 3. The molecule has 31 heavy (non-hydrogen) atoms. The molecule has 0 bridgehead atoms. The number of carbonyl (C=O) groups excluding carboxylic acids is 3. The molecule has 8 heteroatoms. The van der Waals surface area contributed by atoms with E-state index < -0.39 is 11.9 Å². The molecule has 0 saturated carbocycles. The maximum absolute atomic E-state index is 12.9. The average Bonchev–Trinajstić information content (AvgIpc) is 3.20. The fourth-order valence-electron chi connectivity index (χ4n) is 3.35. The first-order valence-electron chi connectivity index (χ1n) is 9.78. The summed E-state index contributed by atoms with van der Waals surface area (Å²) < 4.78 is 11.0. The standard InChI is InChI=1S/C23H21N3O5/c1-14(27)16-8-9-21-20(11-16)26(2)23(29)19(13-30-21)24-22(28)18-12-17(31-25-18)10-15-6-4-3-5-7-15/h3-9,11-12,19H,10,13H2,1-2H3,(H,24,28)/t19-/m0/s1. The van der Waals surface area contributed by atoms with Crippen LogP contribution < -0.4 is 15.0 Å². The summed E-state index contributed by atoms with van der Waals surface area (Å²) in [4.78, 5) is 38.6. The number of benzene rings is 2. The summed E-state index contributed by atoms with van der Waals surface area (Å²) in [5, 5.41) is 6.49. The third-order valence-corrected chi connectivity index (χ3v) is 5.08. The number of nitrogens with one attached hydrogen (secondary N) is 1. The maximum atomic E-state index is 12.9. The van der Waals surface area contributed by atoms with Gasteiger partial charge in [0.05, 0.1) is 5.69 Å². The van der Waals surface area contributed by atoms with E-state index in [-0.39, 0.29) is 24.0 Å². The van der Waals surface area contributed by atoms with Crippen molar-refractivity contribution in [3.8, 4) is 5.75 Å². The van der Waals surface area contributed by atoms with Gasteiger partial charge < -0.3 is 19.5 Å². The Hall–Kier alpha value is -3.94. The second-order valence-corrected chi connectivity index (χ2v) is 7.31. The molecule has 0 fully saturated rings. The van der Waals surface area contributed by atoms with Crippen molar-refractivity contribution in [2.45, 2.75) is 19.4 Å². The van der Waals surface area contributed by atoms with Gasteiger partial charge >= 0.3 is 0 Å². The normalized spacial score (nSPS) is 15.6. The molecule has 0 radical (unpaired) electrons. The van der Waals surface area contributed by atoms with E-state index in [1.807, 2.05) is 30.3 Å². The number of anilines is 1. The molecule has 8 nitrogen and oxygen atoms in total. The molecule has 2 heterocycles. The quantitative estimate of drug-likeness (QED) is 0.638. The van der Waals surface area contributed by atoms with Crippen molar-refractivity contribution in [1.29, 1.82) is 0 Å². The highest BCUT2D eigenvalue weighted by atomic mass is 16.5. The predicted molar refractivity (Wildman–Crippen MR) is 112 cm³/mol. The van der Waals surface area contributed by atoms with Gasteiger partial charge in [-0.25, -0.2) is 0 Å². The number of ether oxygens (including phenoxy) is 1. The zero-order valence-electron chi connectivity index (χ0n) is 17.1. The van der Waals surface area contributed by atoms with Crippen molar-refractivity contribution in [1.82, 2.24) is 10.5 Å². The summed E-state index contributed by atoms with van der Waals surface area (Å²) in [5.74, 6) is -0.00468. The van der Waals surface area contributed by atoms with Gasteiger partial charge in [0, 0.05) is 25.1 Å². The molecule has 1 N–H and O–H groups in total. The molecular weight excluding hydrogens is 398 g/mol. The van der Waals surface area contributed by atoms with E-state index in [0.29, 0.717) is 29.2 Å². The average molecular weight is 419 g/mol. The van der Waals surface area contributed by atoms with Gasteiger partial charge in [0.15, 0.2) is 11.5 Å². The van der Waals surface area contributed by atoms with E-state index in [1.54, 1.807) is 31.3 Å². The van der Waals surface area contributed by atoms with Crippen LogP contribution in [0.5, 0.6) is 5.75 Å². The number of nitrogens with zero attached hydrogens (tertiary/aromatic N) is 2. The minimum atomic E-state index is -0.917. The number of likely N-dealkylation sites (N-methyl/N-ethyl adjacent to an activating group) is 1. The molecule has 3 aromatic rings. The van der Waals surface area contributed by atoms with Gasteiger partial charge in [-0.3, -0.25) is 14.4 Å². The van der Waals surface area contributed by atoms with Crippen LogP contribution in [0.4, 0.5) is 5.69 Å². The smallest absolute Gasteiger partial charge is 0.274 e. The lowest BCUT2D eigenvalue weighted by Gasteiger charge is -2.20. The summed E-state index contributed by atoms with van der Waals surface area (Å²) in [7, 11) is 1.58. The first-order chi connectivity index (χ1) is 14.9. The van der Waals surface area contributed by atoms with Crippen molar-refractivity contribution in [3.63, 3.8) is 0 Å². The fourth-order valence-corrected chi connectivity index (χ4v) is 3.35. The predicted octanol–water partition coefficient (Wildman–Crippen LogP) is 2.62. The second-order valence-electron chi connectivity index (χ2n) is 7.31. The number of ketones is 1.